The Morgan fingerprint density at radius 1 is 1.05 bits per heavy atom. The van der Waals surface area contributed by atoms with Crippen molar-refractivity contribution >= 4 is 20.8 Å². The molecular formula is C7H14O12S2. The van der Waals surface area contributed by atoms with Crippen molar-refractivity contribution in [3.05, 3.63) is 0 Å². The van der Waals surface area contributed by atoms with Crippen LogP contribution in [0.4, 0.5) is 0 Å². The summed E-state index contributed by atoms with van der Waals surface area (Å²) >= 11 is 0. The second-order valence-corrected chi connectivity index (χ2v) is 6.10. The van der Waals surface area contributed by atoms with Gasteiger partial charge in [-0.15, -0.1) is 0 Å². The number of methoxy groups -OCH3 is 1. The van der Waals surface area contributed by atoms with Gasteiger partial charge in [-0.25, -0.2) is 8.37 Å². The van der Waals surface area contributed by atoms with E-state index in [0.717, 1.165) is 7.11 Å². The Morgan fingerprint density at radius 3 is 2.05 bits per heavy atom. The quantitative estimate of drug-likeness (QED) is 0.357. The fourth-order valence-electron chi connectivity index (χ4n) is 1.71. The van der Waals surface area contributed by atoms with Crippen molar-refractivity contribution in [1.29, 1.82) is 0 Å². The molecule has 0 bridgehead atoms. The zero-order valence-electron chi connectivity index (χ0n) is 10.5. The molecular weight excluding hydrogens is 340 g/mol. The van der Waals surface area contributed by atoms with E-state index in [9.17, 15) is 27.0 Å². The number of rotatable bonds is 6. The van der Waals surface area contributed by atoms with Gasteiger partial charge in [-0.05, 0) is 0 Å². The molecule has 0 aromatic heterocycles. The van der Waals surface area contributed by atoms with Gasteiger partial charge in [-0.2, -0.15) is 16.8 Å². The minimum absolute atomic E-state index is 0.879. The molecule has 5 atom stereocenters. The van der Waals surface area contributed by atoms with E-state index in [0.29, 0.717) is 0 Å². The molecule has 1 heterocycles. The lowest BCUT2D eigenvalue weighted by atomic mass is 9.99. The molecule has 14 heteroatoms. The molecule has 0 amide bonds. The van der Waals surface area contributed by atoms with E-state index in [1.165, 1.54) is 0 Å². The molecule has 21 heavy (non-hydrogen) atoms. The van der Waals surface area contributed by atoms with E-state index in [2.05, 4.69) is 8.37 Å². The predicted octanol–water partition coefficient (Wildman–Crippen LogP) is -2.91. The Morgan fingerprint density at radius 2 is 1.62 bits per heavy atom. The molecule has 126 valence electrons. The van der Waals surface area contributed by atoms with Crippen molar-refractivity contribution in [2.75, 3.05) is 13.7 Å². The number of ether oxygens (including phenoxy) is 2. The lowest BCUT2D eigenvalue weighted by Gasteiger charge is -2.40. The normalized spacial score (nSPS) is 34.8. The third-order valence-electron chi connectivity index (χ3n) is 2.52. The fraction of sp³-hybridized carbons (Fsp3) is 1.00. The van der Waals surface area contributed by atoms with Crippen LogP contribution >= 0.6 is 0 Å². The second kappa shape index (κ2) is 6.78. The van der Waals surface area contributed by atoms with E-state index in [1.807, 2.05) is 0 Å². The molecule has 1 aliphatic rings. The molecule has 1 rings (SSSR count). The summed E-state index contributed by atoms with van der Waals surface area (Å²) in [5.41, 5.74) is 0. The maximum Gasteiger partial charge on any atom is 0.397 e. The first-order chi connectivity index (χ1) is 9.44. The van der Waals surface area contributed by atoms with Gasteiger partial charge in [-0.1, -0.05) is 0 Å². The average Bonchev–Trinajstić information content (AvgIpc) is 2.29. The van der Waals surface area contributed by atoms with Crippen molar-refractivity contribution in [3.8, 4) is 0 Å². The summed E-state index contributed by atoms with van der Waals surface area (Å²) in [5.74, 6) is 0. The summed E-state index contributed by atoms with van der Waals surface area (Å²) in [6.45, 7) is -0.879. The van der Waals surface area contributed by atoms with Crippen LogP contribution in [0.5, 0.6) is 0 Å². The minimum Gasteiger partial charge on any atom is -0.387 e. The van der Waals surface area contributed by atoms with Crippen molar-refractivity contribution < 1.29 is 54.0 Å². The summed E-state index contributed by atoms with van der Waals surface area (Å²) in [7, 11) is -8.75. The Labute approximate surface area is 120 Å². The van der Waals surface area contributed by atoms with Gasteiger partial charge in [0.15, 0.2) is 12.4 Å². The fourth-order valence-corrected chi connectivity index (χ4v) is 2.50. The Hall–Kier alpha value is -0.420. The van der Waals surface area contributed by atoms with Crippen molar-refractivity contribution in [2.24, 2.45) is 0 Å². The topological polar surface area (TPSA) is 186 Å². The highest BCUT2D eigenvalue weighted by Gasteiger charge is 2.48. The largest absolute Gasteiger partial charge is 0.397 e. The highest BCUT2D eigenvalue weighted by atomic mass is 32.3. The first kappa shape index (κ1) is 18.6. The molecule has 0 saturated carbocycles. The smallest absolute Gasteiger partial charge is 0.387 e. The lowest BCUT2D eigenvalue weighted by Crippen LogP contribution is -2.60. The molecule has 0 aromatic rings. The van der Waals surface area contributed by atoms with E-state index in [-0.39, 0.29) is 0 Å². The number of hydrogen-bond donors (Lipinski definition) is 4. The summed E-state index contributed by atoms with van der Waals surface area (Å²) in [4.78, 5) is 0. The Kier molecular flexibility index (Phi) is 6.01. The van der Waals surface area contributed by atoms with Crippen molar-refractivity contribution in [1.82, 2.24) is 0 Å². The van der Waals surface area contributed by atoms with Gasteiger partial charge in [0.1, 0.15) is 18.3 Å². The molecule has 0 unspecified atom stereocenters. The van der Waals surface area contributed by atoms with Gasteiger partial charge >= 0.3 is 20.8 Å². The zero-order chi connectivity index (χ0) is 16.4. The molecule has 0 aromatic carbocycles. The highest BCUT2D eigenvalue weighted by Crippen LogP contribution is 2.25. The lowest BCUT2D eigenvalue weighted by molar-refractivity contribution is -0.283. The second-order valence-electron chi connectivity index (χ2n) is 3.96. The van der Waals surface area contributed by atoms with Crippen LogP contribution in [0.1, 0.15) is 0 Å². The number of aliphatic hydroxyl groups excluding tert-OH is 2. The van der Waals surface area contributed by atoms with Gasteiger partial charge in [0.25, 0.3) is 0 Å². The van der Waals surface area contributed by atoms with Crippen LogP contribution in [-0.4, -0.2) is 80.6 Å². The summed E-state index contributed by atoms with van der Waals surface area (Å²) in [6.07, 6.45) is -8.46. The standard InChI is InChI=1S/C7H14O12S2/c1-16-5-4(8)3(2-17-20(10,11)12)18-7(9)6(5)19-21(13,14)15/h3-9H,2H2,1H3,(H,10,11,12)(H,13,14,15)/t3-,4-,5+,6-,7-/m1/s1. The minimum atomic E-state index is -4.97. The van der Waals surface area contributed by atoms with Gasteiger partial charge in [0.05, 0.1) is 6.61 Å². The van der Waals surface area contributed by atoms with Crippen LogP contribution in [0.25, 0.3) is 0 Å². The van der Waals surface area contributed by atoms with Crippen LogP contribution in [0.3, 0.4) is 0 Å². The zero-order valence-corrected chi connectivity index (χ0v) is 12.1. The first-order valence-corrected chi connectivity index (χ1v) is 7.99. The summed E-state index contributed by atoms with van der Waals surface area (Å²) < 4.78 is 76.7. The maximum absolute atomic E-state index is 10.6. The molecule has 1 aliphatic heterocycles. The van der Waals surface area contributed by atoms with Crippen LogP contribution in [-0.2, 0) is 38.6 Å². The summed E-state index contributed by atoms with van der Waals surface area (Å²) in [6, 6.07) is 0. The maximum atomic E-state index is 10.6. The number of aliphatic hydroxyl groups is 2. The van der Waals surface area contributed by atoms with E-state index < -0.39 is 58.1 Å². The number of hydrogen-bond acceptors (Lipinski definition) is 10. The van der Waals surface area contributed by atoms with E-state index >= 15 is 0 Å². The van der Waals surface area contributed by atoms with E-state index in [4.69, 9.17) is 18.6 Å². The predicted molar refractivity (Wildman–Crippen MR) is 61.6 cm³/mol. The van der Waals surface area contributed by atoms with Crippen LogP contribution in [0.2, 0.25) is 0 Å². The van der Waals surface area contributed by atoms with Gasteiger partial charge in [0, 0.05) is 7.11 Å². The Balaban J connectivity index is 2.85. The molecule has 0 spiro atoms. The highest BCUT2D eigenvalue weighted by molar-refractivity contribution is 7.81. The monoisotopic (exact) mass is 354 g/mol. The SMILES string of the molecule is CO[C@H]1[C@H](O)[C@@H](COS(=O)(=O)O)O[C@@H](O)[C@@H]1OS(=O)(=O)O. The molecule has 1 saturated heterocycles. The Bertz CT molecular complexity index is 540. The van der Waals surface area contributed by atoms with Gasteiger partial charge < -0.3 is 19.7 Å². The van der Waals surface area contributed by atoms with Crippen LogP contribution in [0, 0.1) is 0 Å². The van der Waals surface area contributed by atoms with Gasteiger partial charge in [0.2, 0.25) is 0 Å². The average molecular weight is 354 g/mol. The van der Waals surface area contributed by atoms with Crippen molar-refractivity contribution in [3.63, 3.8) is 0 Å². The summed E-state index contributed by atoms with van der Waals surface area (Å²) in [5, 5.41) is 19.4. The first-order valence-electron chi connectivity index (χ1n) is 5.26. The molecule has 12 nitrogen and oxygen atoms in total. The van der Waals surface area contributed by atoms with Gasteiger partial charge in [-0.3, -0.25) is 9.11 Å². The van der Waals surface area contributed by atoms with E-state index in [1.54, 1.807) is 0 Å². The third-order valence-corrected chi connectivity index (χ3v) is 3.42. The third kappa shape index (κ3) is 5.70. The molecule has 0 radical (unpaired) electrons. The molecule has 0 aliphatic carbocycles. The molecule has 1 fully saturated rings. The van der Waals surface area contributed by atoms with Crippen molar-refractivity contribution in [2.45, 2.75) is 30.7 Å². The van der Waals surface area contributed by atoms with Crippen LogP contribution < -0.4 is 0 Å². The molecule has 4 N–H and O–H groups in total. The van der Waals surface area contributed by atoms with Crippen LogP contribution in [0.15, 0.2) is 0 Å².